The number of aromatic nitrogens is 2. The minimum atomic E-state index is -0.715. The van der Waals surface area contributed by atoms with Gasteiger partial charge in [0.15, 0.2) is 11.9 Å². The summed E-state index contributed by atoms with van der Waals surface area (Å²) in [6.45, 7) is 3.16. The van der Waals surface area contributed by atoms with E-state index in [1.165, 1.54) is 6.92 Å². The molecular formula is C25H21N3O3. The lowest BCUT2D eigenvalue weighted by Gasteiger charge is -2.15. The van der Waals surface area contributed by atoms with Crippen molar-refractivity contribution in [2.75, 3.05) is 5.32 Å². The van der Waals surface area contributed by atoms with E-state index >= 15 is 0 Å². The second kappa shape index (κ2) is 8.75. The van der Waals surface area contributed by atoms with Gasteiger partial charge in [0.05, 0.1) is 22.9 Å². The minimum Gasteiger partial charge on any atom is -0.481 e. The van der Waals surface area contributed by atoms with Gasteiger partial charge in [-0.3, -0.25) is 14.6 Å². The number of ketones is 1. The monoisotopic (exact) mass is 411 g/mol. The Morgan fingerprint density at radius 3 is 2.42 bits per heavy atom. The van der Waals surface area contributed by atoms with E-state index in [1.54, 1.807) is 49.5 Å². The molecule has 6 nitrogen and oxygen atoms in total. The molecule has 1 aromatic heterocycles. The standard InChI is InChI=1S/C25H21N3O3/c1-16(29)19-6-5-7-20(14-19)27-25(30)17(2)31-21-12-10-18(11-13-21)24-15-26-22-8-3-4-9-23(22)28-24/h3-15,17H,1-2H3,(H,27,30)/t17-/m1/s1. The maximum absolute atomic E-state index is 12.5. The molecule has 1 amide bonds. The molecule has 0 fully saturated rings. The summed E-state index contributed by atoms with van der Waals surface area (Å²) >= 11 is 0. The highest BCUT2D eigenvalue weighted by atomic mass is 16.5. The molecule has 0 aliphatic heterocycles. The lowest BCUT2D eigenvalue weighted by atomic mass is 10.1. The van der Waals surface area contributed by atoms with Crippen LogP contribution in [0.2, 0.25) is 0 Å². The molecule has 6 heteroatoms. The number of nitrogens with zero attached hydrogens (tertiary/aromatic N) is 2. The van der Waals surface area contributed by atoms with Gasteiger partial charge in [0, 0.05) is 16.8 Å². The Labute approximate surface area is 179 Å². The van der Waals surface area contributed by atoms with E-state index in [1.807, 2.05) is 36.4 Å². The zero-order valence-corrected chi connectivity index (χ0v) is 17.2. The summed E-state index contributed by atoms with van der Waals surface area (Å²) in [6, 6.07) is 21.9. The summed E-state index contributed by atoms with van der Waals surface area (Å²) in [5.41, 5.74) is 4.45. The number of para-hydroxylation sites is 2. The maximum Gasteiger partial charge on any atom is 0.265 e. The van der Waals surface area contributed by atoms with E-state index in [9.17, 15) is 9.59 Å². The van der Waals surface area contributed by atoms with Gasteiger partial charge >= 0.3 is 0 Å². The topological polar surface area (TPSA) is 81.2 Å². The summed E-state index contributed by atoms with van der Waals surface area (Å²) in [7, 11) is 0. The Hall–Kier alpha value is -4.06. The third-order valence-electron chi connectivity index (χ3n) is 4.82. The first kappa shape index (κ1) is 20.2. The van der Waals surface area contributed by atoms with Crippen LogP contribution in [0, 0.1) is 0 Å². The first-order valence-electron chi connectivity index (χ1n) is 9.90. The van der Waals surface area contributed by atoms with Crippen LogP contribution >= 0.6 is 0 Å². The van der Waals surface area contributed by atoms with Gasteiger partial charge in [0.2, 0.25) is 0 Å². The van der Waals surface area contributed by atoms with Crippen molar-refractivity contribution in [2.24, 2.45) is 0 Å². The molecular weight excluding hydrogens is 390 g/mol. The second-order valence-electron chi connectivity index (χ2n) is 7.15. The van der Waals surface area contributed by atoms with Crippen molar-refractivity contribution >= 4 is 28.4 Å². The Kier molecular flexibility index (Phi) is 5.71. The van der Waals surface area contributed by atoms with Crippen molar-refractivity contribution in [3.05, 3.63) is 84.6 Å². The number of amides is 1. The van der Waals surface area contributed by atoms with Crippen LogP contribution in [0.4, 0.5) is 5.69 Å². The number of carbonyl (C=O) groups is 2. The fraction of sp³-hybridized carbons (Fsp3) is 0.120. The smallest absolute Gasteiger partial charge is 0.265 e. The van der Waals surface area contributed by atoms with Gasteiger partial charge < -0.3 is 10.1 Å². The number of benzene rings is 3. The van der Waals surface area contributed by atoms with Gasteiger partial charge in [0.1, 0.15) is 5.75 Å². The average Bonchev–Trinajstić information content (AvgIpc) is 2.79. The van der Waals surface area contributed by atoms with Crippen molar-refractivity contribution < 1.29 is 14.3 Å². The summed E-state index contributed by atoms with van der Waals surface area (Å²) in [5, 5.41) is 2.78. The van der Waals surface area contributed by atoms with Crippen molar-refractivity contribution in [1.29, 1.82) is 0 Å². The normalized spacial score (nSPS) is 11.7. The minimum absolute atomic E-state index is 0.0587. The molecule has 0 bridgehead atoms. The fourth-order valence-corrected chi connectivity index (χ4v) is 3.12. The number of anilines is 1. The quantitative estimate of drug-likeness (QED) is 0.456. The van der Waals surface area contributed by atoms with E-state index in [2.05, 4.69) is 15.3 Å². The number of hydrogen-bond acceptors (Lipinski definition) is 5. The average molecular weight is 411 g/mol. The molecule has 31 heavy (non-hydrogen) atoms. The van der Waals surface area contributed by atoms with Crippen LogP contribution in [0.3, 0.4) is 0 Å². The summed E-state index contributed by atoms with van der Waals surface area (Å²) in [5.74, 6) is 0.208. The summed E-state index contributed by atoms with van der Waals surface area (Å²) < 4.78 is 5.77. The first-order valence-corrected chi connectivity index (χ1v) is 9.90. The highest BCUT2D eigenvalue weighted by Crippen LogP contribution is 2.23. The zero-order chi connectivity index (χ0) is 21.8. The van der Waals surface area contributed by atoms with Crippen LogP contribution in [-0.4, -0.2) is 27.8 Å². The number of hydrogen-bond donors (Lipinski definition) is 1. The van der Waals surface area contributed by atoms with Crippen LogP contribution in [0.5, 0.6) is 5.75 Å². The second-order valence-corrected chi connectivity index (χ2v) is 7.15. The van der Waals surface area contributed by atoms with Crippen LogP contribution < -0.4 is 10.1 Å². The Morgan fingerprint density at radius 1 is 0.935 bits per heavy atom. The molecule has 0 spiro atoms. The third kappa shape index (κ3) is 4.75. The number of Topliss-reactive ketones (excluding diaryl/α,β-unsaturated/α-hetero) is 1. The zero-order valence-electron chi connectivity index (χ0n) is 17.2. The van der Waals surface area contributed by atoms with Crippen molar-refractivity contribution in [2.45, 2.75) is 20.0 Å². The van der Waals surface area contributed by atoms with Crippen LogP contribution in [0.25, 0.3) is 22.3 Å². The molecule has 1 atom stereocenters. The van der Waals surface area contributed by atoms with Crippen molar-refractivity contribution in [1.82, 2.24) is 9.97 Å². The third-order valence-corrected chi connectivity index (χ3v) is 4.82. The largest absolute Gasteiger partial charge is 0.481 e. The molecule has 0 unspecified atom stereocenters. The van der Waals surface area contributed by atoms with Gasteiger partial charge in [-0.2, -0.15) is 0 Å². The molecule has 4 aromatic rings. The summed E-state index contributed by atoms with van der Waals surface area (Å²) in [4.78, 5) is 33.1. The number of nitrogens with one attached hydrogen (secondary N) is 1. The van der Waals surface area contributed by atoms with Crippen LogP contribution in [0.1, 0.15) is 24.2 Å². The maximum atomic E-state index is 12.5. The molecule has 0 radical (unpaired) electrons. The number of rotatable bonds is 6. The molecule has 0 saturated carbocycles. The van der Waals surface area contributed by atoms with Gasteiger partial charge in [0.25, 0.3) is 5.91 Å². The van der Waals surface area contributed by atoms with Crippen molar-refractivity contribution in [3.8, 4) is 17.0 Å². The SMILES string of the molecule is CC(=O)c1cccc(NC(=O)[C@@H](C)Oc2ccc(-c3cnc4ccccc4n3)cc2)c1. The van der Waals surface area contributed by atoms with E-state index in [4.69, 9.17) is 4.74 Å². The van der Waals surface area contributed by atoms with Gasteiger partial charge in [-0.1, -0.05) is 24.3 Å². The lowest BCUT2D eigenvalue weighted by Crippen LogP contribution is -2.30. The van der Waals surface area contributed by atoms with Crippen LogP contribution in [0.15, 0.2) is 79.0 Å². The van der Waals surface area contributed by atoms with E-state index < -0.39 is 6.10 Å². The predicted octanol–water partition coefficient (Wildman–Crippen LogP) is 4.91. The molecule has 0 saturated heterocycles. The summed E-state index contributed by atoms with van der Waals surface area (Å²) in [6.07, 6.45) is 1.02. The van der Waals surface area contributed by atoms with Gasteiger partial charge in [-0.15, -0.1) is 0 Å². The molecule has 3 aromatic carbocycles. The molecule has 154 valence electrons. The molecule has 1 heterocycles. The molecule has 1 N–H and O–H groups in total. The Bertz CT molecular complexity index is 1250. The van der Waals surface area contributed by atoms with E-state index in [-0.39, 0.29) is 11.7 Å². The number of fused-ring (bicyclic) bond motifs is 1. The predicted molar refractivity (Wildman–Crippen MR) is 120 cm³/mol. The van der Waals surface area contributed by atoms with Crippen LogP contribution in [-0.2, 0) is 4.79 Å². The molecule has 0 aliphatic carbocycles. The number of ether oxygens (including phenoxy) is 1. The van der Waals surface area contributed by atoms with Crippen molar-refractivity contribution in [3.63, 3.8) is 0 Å². The van der Waals surface area contributed by atoms with E-state index in [0.717, 1.165) is 22.3 Å². The molecule has 4 rings (SSSR count). The Morgan fingerprint density at radius 2 is 1.68 bits per heavy atom. The van der Waals surface area contributed by atoms with E-state index in [0.29, 0.717) is 17.0 Å². The highest BCUT2D eigenvalue weighted by Gasteiger charge is 2.15. The first-order chi connectivity index (χ1) is 15.0. The molecule has 0 aliphatic rings. The fourth-order valence-electron chi connectivity index (χ4n) is 3.12. The Balaban J connectivity index is 1.42. The lowest BCUT2D eigenvalue weighted by molar-refractivity contribution is -0.122. The van der Waals surface area contributed by atoms with Gasteiger partial charge in [-0.25, -0.2) is 4.98 Å². The van der Waals surface area contributed by atoms with Gasteiger partial charge in [-0.05, 0) is 62.4 Å². The number of carbonyl (C=O) groups excluding carboxylic acids is 2. The highest BCUT2D eigenvalue weighted by molar-refractivity contribution is 5.98.